The van der Waals surface area contributed by atoms with E-state index in [4.69, 9.17) is 15.8 Å². The Bertz CT molecular complexity index is 658. The number of imidazole rings is 1. The molecule has 3 N–H and O–H groups in total. The number of aromatic nitrogens is 2. The molecule has 0 aliphatic heterocycles. The maximum Gasteiger partial charge on any atom is 0.259 e. The number of carbonyl (C=O) groups is 1. The fourth-order valence-corrected chi connectivity index (χ4v) is 2.16. The fourth-order valence-electron chi connectivity index (χ4n) is 2.16. The first-order chi connectivity index (χ1) is 9.72. The summed E-state index contributed by atoms with van der Waals surface area (Å²) in [4.78, 5) is 16.3. The number of methoxy groups -OCH3 is 1. The Labute approximate surface area is 115 Å². The molecule has 0 fully saturated rings. The molecule has 1 unspecified atom stereocenters. The van der Waals surface area contributed by atoms with E-state index >= 15 is 0 Å². The van der Waals surface area contributed by atoms with Crippen molar-refractivity contribution in [3.05, 3.63) is 30.1 Å². The SMILES string of the molecule is COCC(C(=O)NN)n1c(CC#N)nc2ccccc21. The summed E-state index contributed by atoms with van der Waals surface area (Å²) in [5.74, 6) is 5.34. The molecule has 1 heterocycles. The van der Waals surface area contributed by atoms with Gasteiger partial charge in [-0.2, -0.15) is 5.26 Å². The number of nitriles is 1. The molecule has 0 bridgehead atoms. The van der Waals surface area contributed by atoms with Gasteiger partial charge in [-0.3, -0.25) is 10.2 Å². The summed E-state index contributed by atoms with van der Waals surface area (Å²) in [6, 6.07) is 8.76. The zero-order valence-electron chi connectivity index (χ0n) is 11.0. The number of nitrogens with one attached hydrogen (secondary N) is 1. The Morgan fingerprint density at radius 1 is 1.60 bits per heavy atom. The fraction of sp³-hybridized carbons (Fsp3) is 0.308. The molecule has 0 saturated carbocycles. The molecular weight excluding hydrogens is 258 g/mol. The van der Waals surface area contributed by atoms with E-state index < -0.39 is 11.9 Å². The molecule has 0 aliphatic rings. The van der Waals surface area contributed by atoms with Crippen LogP contribution in [0.5, 0.6) is 0 Å². The first kappa shape index (κ1) is 14.0. The lowest BCUT2D eigenvalue weighted by Gasteiger charge is -2.18. The minimum Gasteiger partial charge on any atom is -0.382 e. The number of nitrogens with two attached hydrogens (primary N) is 1. The van der Waals surface area contributed by atoms with Gasteiger partial charge in [-0.15, -0.1) is 0 Å². The van der Waals surface area contributed by atoms with Crippen molar-refractivity contribution in [3.8, 4) is 6.07 Å². The number of ether oxygens (including phenoxy) is 1. The minimum absolute atomic E-state index is 0.104. The Morgan fingerprint density at radius 2 is 2.35 bits per heavy atom. The van der Waals surface area contributed by atoms with Gasteiger partial charge in [0.2, 0.25) is 0 Å². The van der Waals surface area contributed by atoms with Crippen molar-refractivity contribution >= 4 is 16.9 Å². The summed E-state index contributed by atoms with van der Waals surface area (Å²) in [5, 5.41) is 8.92. The predicted octanol–water partition coefficient (Wildman–Crippen LogP) is 0.280. The lowest BCUT2D eigenvalue weighted by molar-refractivity contribution is -0.125. The summed E-state index contributed by atoms with van der Waals surface area (Å²) in [6.07, 6.45) is 0.104. The van der Waals surface area contributed by atoms with E-state index in [0.29, 0.717) is 5.82 Å². The first-order valence-electron chi connectivity index (χ1n) is 6.05. The van der Waals surface area contributed by atoms with Crippen molar-refractivity contribution in [2.75, 3.05) is 13.7 Å². The molecule has 1 aromatic carbocycles. The molecule has 0 spiro atoms. The summed E-state index contributed by atoms with van der Waals surface area (Å²) in [6.45, 7) is 0.141. The van der Waals surface area contributed by atoms with Gasteiger partial charge >= 0.3 is 0 Å². The Balaban J connectivity index is 2.62. The standard InChI is InChI=1S/C13H15N5O2/c1-20-8-11(13(19)17-15)18-10-5-3-2-4-9(10)16-12(18)6-7-14/h2-5,11H,6,8,15H2,1H3,(H,17,19). The average molecular weight is 273 g/mol. The third kappa shape index (κ3) is 2.47. The van der Waals surface area contributed by atoms with E-state index in [-0.39, 0.29) is 13.0 Å². The summed E-state index contributed by atoms with van der Waals surface area (Å²) in [7, 11) is 1.50. The van der Waals surface area contributed by atoms with Crippen LogP contribution in [-0.4, -0.2) is 29.2 Å². The third-order valence-electron chi connectivity index (χ3n) is 2.99. The van der Waals surface area contributed by atoms with Gasteiger partial charge in [-0.25, -0.2) is 10.8 Å². The maximum atomic E-state index is 12.0. The lowest BCUT2D eigenvalue weighted by atomic mass is 10.2. The van der Waals surface area contributed by atoms with Gasteiger partial charge in [0, 0.05) is 7.11 Å². The van der Waals surface area contributed by atoms with Crippen LogP contribution < -0.4 is 11.3 Å². The van der Waals surface area contributed by atoms with Gasteiger partial charge in [-0.05, 0) is 12.1 Å². The van der Waals surface area contributed by atoms with Crippen LogP contribution in [0.4, 0.5) is 0 Å². The molecule has 104 valence electrons. The van der Waals surface area contributed by atoms with Crippen molar-refractivity contribution in [3.63, 3.8) is 0 Å². The van der Waals surface area contributed by atoms with E-state index in [9.17, 15) is 4.79 Å². The smallest absolute Gasteiger partial charge is 0.259 e. The Morgan fingerprint density at radius 3 is 3.00 bits per heavy atom. The number of rotatable bonds is 5. The van der Waals surface area contributed by atoms with Gasteiger partial charge in [-0.1, -0.05) is 12.1 Å². The molecule has 7 nitrogen and oxygen atoms in total. The van der Waals surface area contributed by atoms with Crippen molar-refractivity contribution in [2.45, 2.75) is 12.5 Å². The maximum absolute atomic E-state index is 12.0. The van der Waals surface area contributed by atoms with Gasteiger partial charge in [0.25, 0.3) is 5.91 Å². The van der Waals surface area contributed by atoms with Crippen LogP contribution in [0.15, 0.2) is 24.3 Å². The van der Waals surface area contributed by atoms with E-state index in [0.717, 1.165) is 11.0 Å². The number of hydrogen-bond acceptors (Lipinski definition) is 5. The molecule has 1 amide bonds. The molecule has 1 atom stereocenters. The van der Waals surface area contributed by atoms with Gasteiger partial charge in [0.15, 0.2) is 0 Å². The summed E-state index contributed by atoms with van der Waals surface area (Å²) >= 11 is 0. The lowest BCUT2D eigenvalue weighted by Crippen LogP contribution is -2.39. The molecule has 0 radical (unpaired) electrons. The van der Waals surface area contributed by atoms with Gasteiger partial charge < -0.3 is 9.30 Å². The molecule has 7 heteroatoms. The van der Waals surface area contributed by atoms with E-state index in [1.165, 1.54) is 7.11 Å². The van der Waals surface area contributed by atoms with Gasteiger partial charge in [0.1, 0.15) is 11.9 Å². The van der Waals surface area contributed by atoms with E-state index in [1.54, 1.807) is 4.57 Å². The van der Waals surface area contributed by atoms with Crippen LogP contribution in [0.2, 0.25) is 0 Å². The van der Waals surface area contributed by atoms with Crippen molar-refractivity contribution in [1.82, 2.24) is 15.0 Å². The van der Waals surface area contributed by atoms with Crippen molar-refractivity contribution < 1.29 is 9.53 Å². The van der Waals surface area contributed by atoms with E-state index in [2.05, 4.69) is 16.5 Å². The monoisotopic (exact) mass is 273 g/mol. The number of hydrazine groups is 1. The number of benzene rings is 1. The van der Waals surface area contributed by atoms with Crippen LogP contribution in [0.3, 0.4) is 0 Å². The normalized spacial score (nSPS) is 12.1. The zero-order valence-corrected chi connectivity index (χ0v) is 11.0. The summed E-state index contributed by atoms with van der Waals surface area (Å²) in [5.41, 5.74) is 3.61. The second kappa shape index (κ2) is 6.14. The quantitative estimate of drug-likeness (QED) is 0.462. The number of fused-ring (bicyclic) bond motifs is 1. The van der Waals surface area contributed by atoms with Crippen LogP contribution in [-0.2, 0) is 16.0 Å². The molecule has 0 aliphatic carbocycles. The van der Waals surface area contributed by atoms with Crippen LogP contribution in [0.25, 0.3) is 11.0 Å². The van der Waals surface area contributed by atoms with Crippen LogP contribution in [0.1, 0.15) is 11.9 Å². The highest BCUT2D eigenvalue weighted by molar-refractivity contribution is 5.84. The number of hydrogen-bond donors (Lipinski definition) is 2. The minimum atomic E-state index is -0.666. The highest BCUT2D eigenvalue weighted by atomic mass is 16.5. The van der Waals surface area contributed by atoms with E-state index in [1.807, 2.05) is 24.3 Å². The third-order valence-corrected chi connectivity index (χ3v) is 2.99. The molecular formula is C13H15N5O2. The largest absolute Gasteiger partial charge is 0.382 e. The number of amides is 1. The van der Waals surface area contributed by atoms with Crippen molar-refractivity contribution in [1.29, 1.82) is 5.26 Å². The van der Waals surface area contributed by atoms with Crippen LogP contribution in [0, 0.1) is 11.3 Å². The topological polar surface area (TPSA) is 106 Å². The molecule has 1 aromatic heterocycles. The number of nitrogens with zero attached hydrogens (tertiary/aromatic N) is 3. The molecule has 0 saturated heterocycles. The van der Waals surface area contributed by atoms with Crippen molar-refractivity contribution in [2.24, 2.45) is 5.84 Å². The second-order valence-corrected chi connectivity index (χ2v) is 4.20. The molecule has 20 heavy (non-hydrogen) atoms. The highest BCUT2D eigenvalue weighted by Gasteiger charge is 2.24. The van der Waals surface area contributed by atoms with Crippen LogP contribution >= 0.6 is 0 Å². The summed E-state index contributed by atoms with van der Waals surface area (Å²) < 4.78 is 6.78. The zero-order chi connectivity index (χ0) is 14.5. The second-order valence-electron chi connectivity index (χ2n) is 4.20. The van der Waals surface area contributed by atoms with Gasteiger partial charge in [0.05, 0.1) is 30.1 Å². The molecule has 2 aromatic rings. The Hall–Kier alpha value is -2.43. The molecule has 2 rings (SSSR count). The first-order valence-corrected chi connectivity index (χ1v) is 6.05. The average Bonchev–Trinajstić information content (AvgIpc) is 2.82. The predicted molar refractivity (Wildman–Crippen MR) is 72.3 cm³/mol. The number of carbonyl (C=O) groups excluding carboxylic acids is 1. The number of para-hydroxylation sites is 2. The Kier molecular flexibility index (Phi) is 4.30. The highest BCUT2D eigenvalue weighted by Crippen LogP contribution is 2.22.